The quantitative estimate of drug-likeness (QED) is 0.543. The van der Waals surface area contributed by atoms with Gasteiger partial charge in [-0.05, 0) is 96.6 Å². The number of terminal acetylenes is 1. The SMILES string of the molecule is C#CC[C@@H]1CC[C@H]2[C@@H]3CCC4=CC(=O)CCC4=C3[C@@H](c3ccc(N(C)C)cc3)C[C@]12C. The zero-order chi connectivity index (χ0) is 21.8. The van der Waals surface area contributed by atoms with Crippen molar-refractivity contribution in [3.63, 3.8) is 0 Å². The molecule has 0 unspecified atom stereocenters. The van der Waals surface area contributed by atoms with Crippen LogP contribution in [0.25, 0.3) is 0 Å². The number of carbonyl (C=O) groups excluding carboxylic acids is 1. The Labute approximate surface area is 187 Å². The summed E-state index contributed by atoms with van der Waals surface area (Å²) in [6.45, 7) is 2.55. The molecule has 2 heteroatoms. The van der Waals surface area contributed by atoms with Crippen molar-refractivity contribution in [1.82, 2.24) is 0 Å². The van der Waals surface area contributed by atoms with Gasteiger partial charge in [0.2, 0.25) is 0 Å². The minimum atomic E-state index is 0.317. The fraction of sp³-hybridized carbons (Fsp3) is 0.552. The van der Waals surface area contributed by atoms with Crippen LogP contribution in [0.1, 0.15) is 69.8 Å². The molecular weight excluding hydrogens is 378 g/mol. The highest BCUT2D eigenvalue weighted by Crippen LogP contribution is 2.66. The van der Waals surface area contributed by atoms with Crippen molar-refractivity contribution in [1.29, 1.82) is 0 Å². The van der Waals surface area contributed by atoms with Crippen LogP contribution in [0.15, 0.2) is 47.1 Å². The Morgan fingerprint density at radius 3 is 2.58 bits per heavy atom. The van der Waals surface area contributed by atoms with Gasteiger partial charge in [0, 0.05) is 38.5 Å². The molecule has 0 amide bonds. The number of fused-ring (bicyclic) bond motifs is 4. The van der Waals surface area contributed by atoms with Crippen molar-refractivity contribution in [2.24, 2.45) is 23.2 Å². The van der Waals surface area contributed by atoms with Crippen molar-refractivity contribution >= 4 is 11.5 Å². The lowest BCUT2D eigenvalue weighted by Gasteiger charge is -2.52. The molecule has 1 aromatic carbocycles. The molecule has 2 nitrogen and oxygen atoms in total. The van der Waals surface area contributed by atoms with Crippen molar-refractivity contribution in [3.8, 4) is 12.3 Å². The molecule has 162 valence electrons. The maximum Gasteiger partial charge on any atom is 0.156 e. The smallest absolute Gasteiger partial charge is 0.156 e. The van der Waals surface area contributed by atoms with Gasteiger partial charge < -0.3 is 4.90 Å². The van der Waals surface area contributed by atoms with Gasteiger partial charge in [-0.15, -0.1) is 12.3 Å². The van der Waals surface area contributed by atoms with Crippen LogP contribution in [-0.4, -0.2) is 19.9 Å². The second-order valence-electron chi connectivity index (χ2n) is 10.8. The van der Waals surface area contributed by atoms with Gasteiger partial charge in [0.1, 0.15) is 0 Å². The second kappa shape index (κ2) is 7.70. The summed E-state index contributed by atoms with van der Waals surface area (Å²) in [5.41, 5.74) is 7.59. The third-order valence-corrected chi connectivity index (χ3v) is 9.10. The van der Waals surface area contributed by atoms with E-state index in [2.05, 4.69) is 56.1 Å². The highest BCUT2D eigenvalue weighted by atomic mass is 16.1. The van der Waals surface area contributed by atoms with Crippen molar-refractivity contribution < 1.29 is 4.79 Å². The molecule has 4 aliphatic rings. The summed E-state index contributed by atoms with van der Waals surface area (Å²) in [4.78, 5) is 14.3. The predicted octanol–water partition coefficient (Wildman–Crippen LogP) is 6.29. The molecule has 0 aromatic heterocycles. The van der Waals surface area contributed by atoms with E-state index >= 15 is 0 Å². The van der Waals surface area contributed by atoms with Gasteiger partial charge in [-0.2, -0.15) is 0 Å². The van der Waals surface area contributed by atoms with Crippen LogP contribution in [0.5, 0.6) is 0 Å². The van der Waals surface area contributed by atoms with Crippen LogP contribution in [0.3, 0.4) is 0 Å². The molecule has 1 aromatic rings. The van der Waals surface area contributed by atoms with Crippen LogP contribution in [-0.2, 0) is 4.79 Å². The van der Waals surface area contributed by atoms with Gasteiger partial charge in [0.15, 0.2) is 5.78 Å². The van der Waals surface area contributed by atoms with Crippen LogP contribution in [0.4, 0.5) is 5.69 Å². The summed E-state index contributed by atoms with van der Waals surface area (Å²) in [6, 6.07) is 9.24. The van der Waals surface area contributed by atoms with Crippen molar-refractivity contribution in [2.75, 3.05) is 19.0 Å². The van der Waals surface area contributed by atoms with E-state index < -0.39 is 0 Å². The molecule has 0 N–H and O–H groups in total. The highest BCUT2D eigenvalue weighted by molar-refractivity contribution is 5.93. The maximum absolute atomic E-state index is 12.2. The number of ketones is 1. The molecule has 4 aliphatic carbocycles. The van der Waals surface area contributed by atoms with Crippen molar-refractivity contribution in [3.05, 3.63) is 52.6 Å². The summed E-state index contributed by atoms with van der Waals surface area (Å²) in [5.74, 6) is 5.81. The van der Waals surface area contributed by atoms with E-state index in [0.29, 0.717) is 35.4 Å². The first kappa shape index (κ1) is 20.6. The Morgan fingerprint density at radius 2 is 1.87 bits per heavy atom. The average molecular weight is 414 g/mol. The van der Waals surface area contributed by atoms with Crippen molar-refractivity contribution in [2.45, 2.75) is 64.2 Å². The lowest BCUT2D eigenvalue weighted by Crippen LogP contribution is -2.43. The number of benzene rings is 1. The molecule has 0 bridgehead atoms. The van der Waals surface area contributed by atoms with E-state index in [1.165, 1.54) is 42.5 Å². The first-order chi connectivity index (χ1) is 14.9. The molecule has 5 rings (SSSR count). The van der Waals surface area contributed by atoms with Gasteiger partial charge in [-0.25, -0.2) is 0 Å². The molecular formula is C29H35NO. The summed E-state index contributed by atoms with van der Waals surface area (Å²) in [5, 5.41) is 0. The Morgan fingerprint density at radius 1 is 1.10 bits per heavy atom. The molecule has 2 fully saturated rings. The fourth-order valence-corrected chi connectivity index (χ4v) is 7.54. The standard InChI is InChI=1S/C29H35NO/c1-5-6-21-10-16-27-25-14-9-20-17-23(31)13-15-24(20)28(25)26(18-29(21,27)2)19-7-11-22(12-8-19)30(3)4/h1,7-8,11-12,17,21,25-27H,6,9-10,13-16,18H2,2-4H3/t21-,25+,26-,27+,29-/m1/s1. The third-order valence-electron chi connectivity index (χ3n) is 9.10. The minimum absolute atomic E-state index is 0.317. The van der Waals surface area contributed by atoms with Gasteiger partial charge in [-0.1, -0.05) is 24.6 Å². The van der Waals surface area contributed by atoms with Gasteiger partial charge >= 0.3 is 0 Å². The highest BCUT2D eigenvalue weighted by Gasteiger charge is 2.56. The molecule has 31 heavy (non-hydrogen) atoms. The van der Waals surface area contributed by atoms with Gasteiger partial charge in [-0.3, -0.25) is 4.79 Å². The molecule has 5 atom stereocenters. The first-order valence-corrected chi connectivity index (χ1v) is 12.1. The minimum Gasteiger partial charge on any atom is -0.378 e. The van der Waals surface area contributed by atoms with E-state index in [-0.39, 0.29) is 0 Å². The topological polar surface area (TPSA) is 20.3 Å². The van der Waals surface area contributed by atoms with Crippen LogP contribution < -0.4 is 4.90 Å². The Bertz CT molecular complexity index is 989. The Balaban J connectivity index is 1.63. The molecule has 2 saturated carbocycles. The number of hydrogen-bond acceptors (Lipinski definition) is 2. The third kappa shape index (κ3) is 3.29. The number of allylic oxidation sites excluding steroid dienone is 4. The Kier molecular flexibility index (Phi) is 5.12. The number of nitrogens with zero attached hydrogens (tertiary/aromatic N) is 1. The lowest BCUT2D eigenvalue weighted by atomic mass is 9.52. The molecule has 0 spiro atoms. The summed E-state index contributed by atoms with van der Waals surface area (Å²) in [7, 11) is 4.20. The predicted molar refractivity (Wildman–Crippen MR) is 128 cm³/mol. The van der Waals surface area contributed by atoms with Crippen LogP contribution in [0.2, 0.25) is 0 Å². The van der Waals surface area contributed by atoms with E-state index in [4.69, 9.17) is 6.42 Å². The van der Waals surface area contributed by atoms with Gasteiger partial charge in [0.25, 0.3) is 0 Å². The van der Waals surface area contributed by atoms with E-state index in [1.54, 1.807) is 11.1 Å². The monoisotopic (exact) mass is 413 g/mol. The molecule has 0 heterocycles. The average Bonchev–Trinajstić information content (AvgIpc) is 3.09. The van der Waals surface area contributed by atoms with Crippen LogP contribution in [0, 0.1) is 35.5 Å². The molecule has 0 radical (unpaired) electrons. The molecule has 0 aliphatic heterocycles. The summed E-state index contributed by atoms with van der Waals surface area (Å²) in [6.07, 6.45) is 16.4. The first-order valence-electron chi connectivity index (χ1n) is 12.1. The number of anilines is 1. The largest absolute Gasteiger partial charge is 0.378 e. The summed E-state index contributed by atoms with van der Waals surface area (Å²) < 4.78 is 0. The lowest BCUT2D eigenvalue weighted by molar-refractivity contribution is -0.114. The maximum atomic E-state index is 12.2. The zero-order valence-electron chi connectivity index (χ0n) is 19.3. The number of rotatable bonds is 3. The van der Waals surface area contributed by atoms with Gasteiger partial charge in [0.05, 0.1) is 0 Å². The van der Waals surface area contributed by atoms with E-state index in [0.717, 1.165) is 25.2 Å². The Hall–Kier alpha value is -2.27. The van der Waals surface area contributed by atoms with Crippen LogP contribution >= 0.6 is 0 Å². The fourth-order valence-electron chi connectivity index (χ4n) is 7.54. The molecule has 0 saturated heterocycles. The second-order valence-corrected chi connectivity index (χ2v) is 10.8. The number of hydrogen-bond donors (Lipinski definition) is 0. The van der Waals surface area contributed by atoms with E-state index in [1.807, 2.05) is 6.08 Å². The normalized spacial score (nSPS) is 34.4. The number of carbonyl (C=O) groups is 1. The zero-order valence-corrected chi connectivity index (χ0v) is 19.3. The summed E-state index contributed by atoms with van der Waals surface area (Å²) >= 11 is 0. The van der Waals surface area contributed by atoms with E-state index in [9.17, 15) is 4.79 Å².